The minimum atomic E-state index is -0.783. The van der Waals surface area contributed by atoms with E-state index in [2.05, 4.69) is 5.32 Å². The largest absolute Gasteiger partial charge is 0.481 e. The SMILES string of the molecule is O=C(NCC1(C(=O)O)CCC1)c1cc2c(s1)CCCC2. The second-order valence-electron chi connectivity index (χ2n) is 5.89. The molecular weight excluding hydrogens is 274 g/mol. The van der Waals surface area contributed by atoms with E-state index in [-0.39, 0.29) is 12.5 Å². The molecule has 1 amide bonds. The Hall–Kier alpha value is -1.36. The van der Waals surface area contributed by atoms with Gasteiger partial charge in [-0.25, -0.2) is 0 Å². The number of carbonyl (C=O) groups is 2. The lowest BCUT2D eigenvalue weighted by molar-refractivity contribution is -0.153. The van der Waals surface area contributed by atoms with Gasteiger partial charge in [0.1, 0.15) is 0 Å². The van der Waals surface area contributed by atoms with Crippen LogP contribution < -0.4 is 5.32 Å². The van der Waals surface area contributed by atoms with Crippen molar-refractivity contribution in [1.82, 2.24) is 5.32 Å². The first kappa shape index (κ1) is 13.6. The predicted molar refractivity (Wildman–Crippen MR) is 77.2 cm³/mol. The predicted octanol–water partition coefficient (Wildman–Crippen LogP) is 2.61. The highest BCUT2D eigenvalue weighted by Gasteiger charge is 2.44. The summed E-state index contributed by atoms with van der Waals surface area (Å²) in [7, 11) is 0. The Labute approximate surface area is 122 Å². The van der Waals surface area contributed by atoms with E-state index in [0.717, 1.165) is 24.1 Å². The molecule has 2 N–H and O–H groups in total. The third-order valence-electron chi connectivity index (χ3n) is 4.57. The van der Waals surface area contributed by atoms with Crippen LogP contribution in [0.5, 0.6) is 0 Å². The first-order valence-corrected chi connectivity index (χ1v) is 8.06. The number of hydrogen-bond donors (Lipinski definition) is 2. The van der Waals surface area contributed by atoms with Gasteiger partial charge in [0.25, 0.3) is 5.91 Å². The fourth-order valence-corrected chi connectivity index (χ4v) is 4.18. The van der Waals surface area contributed by atoms with Crippen molar-refractivity contribution in [3.8, 4) is 0 Å². The molecule has 5 heteroatoms. The van der Waals surface area contributed by atoms with Gasteiger partial charge in [-0.1, -0.05) is 6.42 Å². The van der Waals surface area contributed by atoms with Gasteiger partial charge in [-0.15, -0.1) is 11.3 Å². The molecular formula is C15H19NO3S. The molecule has 2 aliphatic carbocycles. The van der Waals surface area contributed by atoms with Crippen LogP contribution in [0.25, 0.3) is 0 Å². The van der Waals surface area contributed by atoms with Gasteiger partial charge in [0.15, 0.2) is 0 Å². The Kier molecular flexibility index (Phi) is 3.54. The number of amides is 1. The van der Waals surface area contributed by atoms with Gasteiger partial charge in [0.05, 0.1) is 10.3 Å². The number of carbonyl (C=O) groups excluding carboxylic acids is 1. The first-order valence-electron chi connectivity index (χ1n) is 7.24. The Morgan fingerprint density at radius 3 is 2.60 bits per heavy atom. The lowest BCUT2D eigenvalue weighted by Crippen LogP contribution is -2.47. The summed E-state index contributed by atoms with van der Waals surface area (Å²) in [5.74, 6) is -0.897. The fraction of sp³-hybridized carbons (Fsp3) is 0.600. The molecule has 0 bridgehead atoms. The maximum absolute atomic E-state index is 12.2. The van der Waals surface area contributed by atoms with Gasteiger partial charge >= 0.3 is 5.97 Å². The fourth-order valence-electron chi connectivity index (χ4n) is 3.01. The number of carboxylic acid groups (broad SMARTS) is 1. The average Bonchev–Trinajstić information content (AvgIpc) is 2.80. The van der Waals surface area contributed by atoms with E-state index >= 15 is 0 Å². The summed E-state index contributed by atoms with van der Waals surface area (Å²) in [5, 5.41) is 12.1. The van der Waals surface area contributed by atoms with Crippen molar-refractivity contribution in [2.75, 3.05) is 6.54 Å². The molecule has 1 aromatic heterocycles. The van der Waals surface area contributed by atoms with Crippen LogP contribution in [0.1, 0.15) is 52.2 Å². The third kappa shape index (κ3) is 2.35. The van der Waals surface area contributed by atoms with Crippen molar-refractivity contribution in [3.63, 3.8) is 0 Å². The standard InChI is InChI=1S/C15H19NO3S/c17-13(16-9-15(14(18)19)6-3-7-15)12-8-10-4-1-2-5-11(10)20-12/h8H,1-7,9H2,(H,16,17)(H,18,19). The number of aliphatic carboxylic acids is 1. The second-order valence-corrected chi connectivity index (χ2v) is 7.02. The highest BCUT2D eigenvalue weighted by atomic mass is 32.1. The van der Waals surface area contributed by atoms with Gasteiger partial charge in [0.2, 0.25) is 0 Å². The van der Waals surface area contributed by atoms with Crippen molar-refractivity contribution >= 4 is 23.2 Å². The molecule has 0 saturated heterocycles. The first-order chi connectivity index (χ1) is 9.61. The highest BCUT2D eigenvalue weighted by Crippen LogP contribution is 2.40. The minimum absolute atomic E-state index is 0.114. The quantitative estimate of drug-likeness (QED) is 0.896. The van der Waals surface area contributed by atoms with E-state index in [1.165, 1.54) is 23.3 Å². The molecule has 0 aromatic carbocycles. The Bertz CT molecular complexity index is 522. The molecule has 108 valence electrons. The van der Waals surface area contributed by atoms with Gasteiger partial charge in [0, 0.05) is 11.4 Å². The molecule has 1 heterocycles. The monoisotopic (exact) mass is 293 g/mol. The molecule has 0 aliphatic heterocycles. The lowest BCUT2D eigenvalue weighted by Gasteiger charge is -2.37. The van der Waals surface area contributed by atoms with Gasteiger partial charge in [-0.05, 0) is 50.2 Å². The minimum Gasteiger partial charge on any atom is -0.481 e. The Morgan fingerprint density at radius 1 is 1.25 bits per heavy atom. The van der Waals surface area contributed by atoms with E-state index in [4.69, 9.17) is 0 Å². The summed E-state index contributed by atoms with van der Waals surface area (Å²) in [4.78, 5) is 25.5. The van der Waals surface area contributed by atoms with Gasteiger partial charge in [-0.3, -0.25) is 9.59 Å². The molecule has 20 heavy (non-hydrogen) atoms. The number of hydrogen-bond acceptors (Lipinski definition) is 3. The van der Waals surface area contributed by atoms with E-state index in [1.54, 1.807) is 11.3 Å². The molecule has 0 radical (unpaired) electrons. The lowest BCUT2D eigenvalue weighted by atomic mass is 9.69. The van der Waals surface area contributed by atoms with Gasteiger partial charge in [-0.2, -0.15) is 0 Å². The smallest absolute Gasteiger partial charge is 0.311 e. The number of thiophene rings is 1. The van der Waals surface area contributed by atoms with Crippen molar-refractivity contribution in [2.45, 2.75) is 44.9 Å². The van der Waals surface area contributed by atoms with Crippen LogP contribution in [-0.4, -0.2) is 23.5 Å². The Balaban J connectivity index is 1.64. The number of fused-ring (bicyclic) bond motifs is 1. The Morgan fingerprint density at radius 2 is 2.00 bits per heavy atom. The van der Waals surface area contributed by atoms with Crippen molar-refractivity contribution in [1.29, 1.82) is 0 Å². The zero-order valence-corrected chi connectivity index (χ0v) is 12.2. The van der Waals surface area contributed by atoms with Gasteiger partial charge < -0.3 is 10.4 Å². The summed E-state index contributed by atoms with van der Waals surface area (Å²) in [6, 6.07) is 1.99. The van der Waals surface area contributed by atoms with Crippen molar-refractivity contribution in [3.05, 3.63) is 21.4 Å². The molecule has 1 fully saturated rings. The molecule has 0 spiro atoms. The van der Waals surface area contributed by atoms with Crippen LogP contribution in [0.15, 0.2) is 6.07 Å². The van der Waals surface area contributed by atoms with E-state index in [0.29, 0.717) is 12.8 Å². The van der Waals surface area contributed by atoms with Crippen LogP contribution in [0.4, 0.5) is 0 Å². The van der Waals surface area contributed by atoms with Crippen molar-refractivity contribution in [2.24, 2.45) is 5.41 Å². The maximum Gasteiger partial charge on any atom is 0.311 e. The number of aryl methyl sites for hydroxylation is 2. The van der Waals surface area contributed by atoms with Crippen LogP contribution in [0.2, 0.25) is 0 Å². The molecule has 0 atom stereocenters. The third-order valence-corrected chi connectivity index (χ3v) is 5.81. The number of carboxylic acids is 1. The summed E-state index contributed by atoms with van der Waals surface area (Å²) in [6.45, 7) is 0.254. The van der Waals surface area contributed by atoms with E-state index in [1.807, 2.05) is 6.07 Å². The molecule has 4 nitrogen and oxygen atoms in total. The average molecular weight is 293 g/mol. The summed E-state index contributed by atoms with van der Waals surface area (Å²) >= 11 is 1.57. The molecule has 3 rings (SSSR count). The van der Waals surface area contributed by atoms with Crippen LogP contribution >= 0.6 is 11.3 Å². The van der Waals surface area contributed by atoms with Crippen LogP contribution in [0, 0.1) is 5.41 Å². The molecule has 1 saturated carbocycles. The summed E-state index contributed by atoms with van der Waals surface area (Å²) in [5.41, 5.74) is 0.593. The molecule has 0 unspecified atom stereocenters. The van der Waals surface area contributed by atoms with Crippen LogP contribution in [-0.2, 0) is 17.6 Å². The topological polar surface area (TPSA) is 66.4 Å². The molecule has 2 aliphatic rings. The zero-order valence-electron chi connectivity index (χ0n) is 11.4. The zero-order chi connectivity index (χ0) is 14.2. The number of nitrogens with one attached hydrogen (secondary N) is 1. The normalized spacial score (nSPS) is 19.8. The molecule has 1 aromatic rings. The second kappa shape index (κ2) is 5.20. The van der Waals surface area contributed by atoms with E-state index in [9.17, 15) is 14.7 Å². The maximum atomic E-state index is 12.2. The van der Waals surface area contributed by atoms with E-state index < -0.39 is 11.4 Å². The highest BCUT2D eigenvalue weighted by molar-refractivity contribution is 7.14. The summed E-state index contributed by atoms with van der Waals surface area (Å²) < 4.78 is 0. The van der Waals surface area contributed by atoms with Crippen LogP contribution in [0.3, 0.4) is 0 Å². The van der Waals surface area contributed by atoms with Crippen molar-refractivity contribution < 1.29 is 14.7 Å². The number of rotatable bonds is 4. The summed E-state index contributed by atoms with van der Waals surface area (Å²) in [6.07, 6.45) is 6.83.